The quantitative estimate of drug-likeness (QED) is 0.901. The van der Waals surface area contributed by atoms with Crippen molar-refractivity contribution in [3.8, 4) is 0 Å². The first-order valence-electron chi connectivity index (χ1n) is 7.04. The van der Waals surface area contributed by atoms with Gasteiger partial charge < -0.3 is 5.11 Å². The lowest BCUT2D eigenvalue weighted by molar-refractivity contribution is 0.175. The zero-order valence-electron chi connectivity index (χ0n) is 12.2. The Hall–Kier alpha value is -1.13. The average molecular weight is 337 g/mol. The highest BCUT2D eigenvalue weighted by molar-refractivity contribution is 9.10. The van der Waals surface area contributed by atoms with Crippen LogP contribution in [0.1, 0.15) is 42.5 Å². The third-order valence-electron chi connectivity index (χ3n) is 3.56. The van der Waals surface area contributed by atoms with E-state index >= 15 is 0 Å². The molecule has 0 aliphatic rings. The van der Waals surface area contributed by atoms with Gasteiger partial charge in [0.25, 0.3) is 0 Å². The fourth-order valence-corrected chi connectivity index (χ4v) is 2.65. The highest BCUT2D eigenvalue weighted by atomic mass is 79.9. The molecule has 1 atom stereocenters. The summed E-state index contributed by atoms with van der Waals surface area (Å²) in [5, 5.41) is 15.0. The number of hydrogen-bond donors (Lipinski definition) is 1. The summed E-state index contributed by atoms with van der Waals surface area (Å²) in [6.07, 6.45) is 1.02. The Bertz CT molecular complexity index is 592. The van der Waals surface area contributed by atoms with Crippen molar-refractivity contribution in [3.05, 3.63) is 51.3 Å². The molecule has 0 amide bonds. The molecule has 0 saturated heterocycles. The van der Waals surface area contributed by atoms with Crippen LogP contribution >= 0.6 is 15.9 Å². The third-order valence-corrected chi connectivity index (χ3v) is 4.41. The van der Waals surface area contributed by atoms with Crippen molar-refractivity contribution in [3.63, 3.8) is 0 Å². The first kappa shape index (κ1) is 15.3. The summed E-state index contributed by atoms with van der Waals surface area (Å²) in [5.74, 6) is 0. The van der Waals surface area contributed by atoms with E-state index < -0.39 is 6.10 Å². The Balaban J connectivity index is 2.20. The molecule has 1 aromatic carbocycles. The number of hydrogen-bond acceptors (Lipinski definition) is 2. The molecule has 2 rings (SSSR count). The van der Waals surface area contributed by atoms with Gasteiger partial charge in [0.05, 0.1) is 11.8 Å². The maximum Gasteiger partial charge on any atom is 0.0845 e. The second-order valence-corrected chi connectivity index (χ2v) is 5.88. The second-order valence-electron chi connectivity index (χ2n) is 5.02. The number of aryl methyl sites for hydroxylation is 3. The van der Waals surface area contributed by atoms with Gasteiger partial charge in [0, 0.05) is 23.1 Å². The van der Waals surface area contributed by atoms with Crippen LogP contribution in [-0.4, -0.2) is 14.9 Å². The first-order valence-corrected chi connectivity index (χ1v) is 7.84. The minimum atomic E-state index is -0.501. The van der Waals surface area contributed by atoms with Gasteiger partial charge in [0.15, 0.2) is 0 Å². The topological polar surface area (TPSA) is 38.0 Å². The van der Waals surface area contributed by atoms with Gasteiger partial charge in [-0.2, -0.15) is 5.10 Å². The molecule has 1 heterocycles. The van der Waals surface area contributed by atoms with Crippen LogP contribution in [0.5, 0.6) is 0 Å². The van der Waals surface area contributed by atoms with Gasteiger partial charge in [0.2, 0.25) is 0 Å². The zero-order valence-corrected chi connectivity index (χ0v) is 13.8. The minimum absolute atomic E-state index is 0.501. The van der Waals surface area contributed by atoms with Crippen molar-refractivity contribution >= 4 is 15.9 Å². The molecule has 3 nitrogen and oxygen atoms in total. The molecule has 1 aromatic heterocycles. The van der Waals surface area contributed by atoms with E-state index in [1.165, 1.54) is 5.56 Å². The predicted molar refractivity (Wildman–Crippen MR) is 84.8 cm³/mol. The molecular formula is C16H21BrN2O. The zero-order chi connectivity index (χ0) is 14.7. The smallest absolute Gasteiger partial charge is 0.0845 e. The number of nitrogens with zero attached hydrogens (tertiary/aromatic N) is 2. The SMILES string of the molecule is CCc1cc(CC(O)c2ccc(C)c(Br)c2)n(CC)n1. The lowest BCUT2D eigenvalue weighted by atomic mass is 10.0. The van der Waals surface area contributed by atoms with Crippen LogP contribution in [0.3, 0.4) is 0 Å². The van der Waals surface area contributed by atoms with Gasteiger partial charge in [-0.15, -0.1) is 0 Å². The molecule has 4 heteroatoms. The van der Waals surface area contributed by atoms with Crippen molar-refractivity contribution in [2.24, 2.45) is 0 Å². The van der Waals surface area contributed by atoms with Gasteiger partial charge in [-0.3, -0.25) is 4.68 Å². The molecule has 2 aromatic rings. The minimum Gasteiger partial charge on any atom is -0.388 e. The van der Waals surface area contributed by atoms with E-state index in [-0.39, 0.29) is 0 Å². The average Bonchev–Trinajstić information content (AvgIpc) is 2.84. The lowest BCUT2D eigenvalue weighted by Crippen LogP contribution is -2.08. The van der Waals surface area contributed by atoms with Crippen LogP contribution in [-0.2, 0) is 19.4 Å². The molecular weight excluding hydrogens is 316 g/mol. The monoisotopic (exact) mass is 336 g/mol. The molecule has 0 saturated carbocycles. The predicted octanol–water partition coefficient (Wildman–Crippen LogP) is 3.81. The van der Waals surface area contributed by atoms with Crippen LogP contribution in [0.4, 0.5) is 0 Å². The Morgan fingerprint density at radius 1 is 1.30 bits per heavy atom. The van der Waals surface area contributed by atoms with E-state index in [2.05, 4.69) is 40.9 Å². The lowest BCUT2D eigenvalue weighted by Gasteiger charge is -2.13. The summed E-state index contributed by atoms with van der Waals surface area (Å²) in [7, 11) is 0. The summed E-state index contributed by atoms with van der Waals surface area (Å²) in [4.78, 5) is 0. The van der Waals surface area contributed by atoms with E-state index in [1.54, 1.807) is 0 Å². The van der Waals surface area contributed by atoms with Crippen LogP contribution in [0.25, 0.3) is 0 Å². The molecule has 108 valence electrons. The van der Waals surface area contributed by atoms with Gasteiger partial charge in [-0.1, -0.05) is 35.0 Å². The van der Waals surface area contributed by atoms with Crippen molar-refractivity contribution in [1.29, 1.82) is 0 Å². The maximum atomic E-state index is 10.4. The van der Waals surface area contributed by atoms with Crippen LogP contribution in [0.2, 0.25) is 0 Å². The van der Waals surface area contributed by atoms with Crippen LogP contribution < -0.4 is 0 Å². The van der Waals surface area contributed by atoms with E-state index in [0.717, 1.165) is 34.4 Å². The molecule has 0 bridgehead atoms. The fourth-order valence-electron chi connectivity index (χ4n) is 2.26. The molecule has 20 heavy (non-hydrogen) atoms. The summed E-state index contributed by atoms with van der Waals surface area (Å²) < 4.78 is 3.01. The first-order chi connectivity index (χ1) is 9.55. The van der Waals surface area contributed by atoms with Crippen molar-refractivity contribution in [1.82, 2.24) is 9.78 Å². The summed E-state index contributed by atoms with van der Waals surface area (Å²) >= 11 is 3.51. The molecule has 1 unspecified atom stereocenters. The number of halogens is 1. The maximum absolute atomic E-state index is 10.4. The number of aliphatic hydroxyl groups is 1. The number of aliphatic hydroxyl groups excluding tert-OH is 1. The molecule has 0 aliphatic heterocycles. The van der Waals surface area contributed by atoms with Gasteiger partial charge in [-0.25, -0.2) is 0 Å². The number of rotatable bonds is 5. The van der Waals surface area contributed by atoms with E-state index in [4.69, 9.17) is 0 Å². The molecule has 0 aliphatic carbocycles. The Morgan fingerprint density at radius 2 is 2.05 bits per heavy atom. The van der Waals surface area contributed by atoms with E-state index in [9.17, 15) is 5.11 Å². The molecule has 0 radical (unpaired) electrons. The second kappa shape index (κ2) is 6.55. The molecule has 1 N–H and O–H groups in total. The number of aromatic nitrogens is 2. The third kappa shape index (κ3) is 3.30. The summed E-state index contributed by atoms with van der Waals surface area (Å²) in [5.41, 5.74) is 4.28. The van der Waals surface area contributed by atoms with Crippen LogP contribution in [0.15, 0.2) is 28.7 Å². The van der Waals surface area contributed by atoms with Gasteiger partial charge >= 0.3 is 0 Å². The van der Waals surface area contributed by atoms with Crippen molar-refractivity contribution in [2.45, 2.75) is 46.3 Å². The Labute approximate surface area is 128 Å². The van der Waals surface area contributed by atoms with Gasteiger partial charge in [0.1, 0.15) is 0 Å². The summed E-state index contributed by atoms with van der Waals surface area (Å²) in [6, 6.07) is 8.10. The normalized spacial score (nSPS) is 12.7. The molecule has 0 fully saturated rings. The van der Waals surface area contributed by atoms with Crippen molar-refractivity contribution < 1.29 is 5.11 Å². The van der Waals surface area contributed by atoms with E-state index in [1.807, 2.05) is 29.8 Å². The Kier molecular flexibility index (Phi) is 5.00. The Morgan fingerprint density at radius 3 is 2.65 bits per heavy atom. The summed E-state index contributed by atoms with van der Waals surface area (Å²) in [6.45, 7) is 7.05. The largest absolute Gasteiger partial charge is 0.388 e. The van der Waals surface area contributed by atoms with Crippen LogP contribution in [0, 0.1) is 6.92 Å². The highest BCUT2D eigenvalue weighted by Gasteiger charge is 2.14. The van der Waals surface area contributed by atoms with E-state index in [0.29, 0.717) is 6.42 Å². The number of benzene rings is 1. The fraction of sp³-hybridized carbons (Fsp3) is 0.438. The standard InChI is InChI=1S/C16H21BrN2O/c1-4-13-9-14(19(5-2)18-13)10-16(20)12-7-6-11(3)15(17)8-12/h6-9,16,20H,4-5,10H2,1-3H3. The van der Waals surface area contributed by atoms with Gasteiger partial charge in [-0.05, 0) is 43.5 Å². The molecule has 0 spiro atoms. The van der Waals surface area contributed by atoms with Crippen molar-refractivity contribution in [2.75, 3.05) is 0 Å². The highest BCUT2D eigenvalue weighted by Crippen LogP contribution is 2.24.